The van der Waals surface area contributed by atoms with Crippen molar-refractivity contribution in [3.8, 4) is 11.4 Å². The first kappa shape index (κ1) is 25.3. The van der Waals surface area contributed by atoms with Gasteiger partial charge in [0.1, 0.15) is 17.9 Å². The number of hydrogen-bond acceptors (Lipinski definition) is 8. The Morgan fingerprint density at radius 1 is 1.24 bits per heavy atom. The van der Waals surface area contributed by atoms with Crippen molar-refractivity contribution in [1.29, 1.82) is 0 Å². The monoisotopic (exact) mass is 526 g/mol. The van der Waals surface area contributed by atoms with Crippen molar-refractivity contribution in [2.75, 3.05) is 32.1 Å². The summed E-state index contributed by atoms with van der Waals surface area (Å²) < 4.78 is 41.4. The number of methoxy groups -OCH3 is 1. The van der Waals surface area contributed by atoms with Crippen LogP contribution < -0.4 is 5.32 Å². The van der Waals surface area contributed by atoms with Crippen LogP contribution in [0.2, 0.25) is 0 Å². The maximum absolute atomic E-state index is 13.2. The molecule has 3 aromatic heterocycles. The molecule has 38 heavy (non-hydrogen) atoms. The Balaban J connectivity index is 1.30. The molecule has 5 rings (SSSR count). The molecule has 1 aliphatic heterocycles. The van der Waals surface area contributed by atoms with E-state index in [1.165, 1.54) is 18.2 Å². The number of amides is 2. The zero-order valence-electron chi connectivity index (χ0n) is 20.6. The fraction of sp³-hybridized carbons (Fsp3) is 0.320. The summed E-state index contributed by atoms with van der Waals surface area (Å²) >= 11 is 0. The molecule has 1 aliphatic rings. The van der Waals surface area contributed by atoms with E-state index < -0.39 is 25.0 Å². The van der Waals surface area contributed by atoms with Crippen LogP contribution >= 0.6 is 0 Å². The normalized spacial score (nSPS) is 13.7. The van der Waals surface area contributed by atoms with Crippen LogP contribution in [0.1, 0.15) is 33.4 Å². The Morgan fingerprint density at radius 2 is 2.05 bits per heavy atom. The number of fused-ring (bicyclic) bond motifs is 1. The van der Waals surface area contributed by atoms with Gasteiger partial charge in [-0.25, -0.2) is 18.6 Å². The molecule has 4 aromatic rings. The maximum Gasteiger partial charge on any atom is 0.409 e. The molecule has 1 aromatic carbocycles. The summed E-state index contributed by atoms with van der Waals surface area (Å²) in [6.07, 6.45) is 0.118. The third-order valence-electron chi connectivity index (χ3n) is 6.16. The van der Waals surface area contributed by atoms with Gasteiger partial charge in [0.2, 0.25) is 11.7 Å². The second kappa shape index (κ2) is 10.5. The maximum atomic E-state index is 13.2. The summed E-state index contributed by atoms with van der Waals surface area (Å²) in [5, 5.41) is 6.95. The predicted octanol–water partition coefficient (Wildman–Crippen LogP) is 3.89. The van der Waals surface area contributed by atoms with Gasteiger partial charge >= 0.3 is 6.09 Å². The molecule has 1 N–H and O–H groups in total. The summed E-state index contributed by atoms with van der Waals surface area (Å²) in [5.74, 6) is 0.302. The Hall–Kier alpha value is -4.39. The van der Waals surface area contributed by atoms with E-state index in [2.05, 4.69) is 20.4 Å². The van der Waals surface area contributed by atoms with Gasteiger partial charge in [-0.05, 0) is 30.2 Å². The van der Waals surface area contributed by atoms with Crippen LogP contribution in [0, 0.1) is 6.92 Å². The predicted molar refractivity (Wildman–Crippen MR) is 130 cm³/mol. The molecule has 1 saturated heterocycles. The van der Waals surface area contributed by atoms with Crippen LogP contribution in [0.5, 0.6) is 0 Å². The average molecular weight is 527 g/mol. The van der Waals surface area contributed by atoms with Gasteiger partial charge in [0.15, 0.2) is 0 Å². The van der Waals surface area contributed by atoms with E-state index >= 15 is 0 Å². The minimum absolute atomic E-state index is 0.0189. The summed E-state index contributed by atoms with van der Waals surface area (Å²) in [4.78, 5) is 35.0. The van der Waals surface area contributed by atoms with E-state index in [4.69, 9.17) is 14.0 Å². The molecular formula is C25H24F2N6O5. The number of aromatic nitrogens is 4. The second-order valence-electron chi connectivity index (χ2n) is 8.83. The lowest BCUT2D eigenvalue weighted by molar-refractivity contribution is 0.00978. The highest BCUT2D eigenvalue weighted by Gasteiger charge is 2.36. The molecule has 0 unspecified atom stereocenters. The molecule has 1 fully saturated rings. The van der Waals surface area contributed by atoms with E-state index in [-0.39, 0.29) is 18.2 Å². The van der Waals surface area contributed by atoms with E-state index in [1.54, 1.807) is 28.8 Å². The fourth-order valence-corrected chi connectivity index (χ4v) is 4.06. The number of hydrogen-bond donors (Lipinski definition) is 1. The molecule has 198 valence electrons. The van der Waals surface area contributed by atoms with Crippen LogP contribution in [0.4, 0.5) is 19.3 Å². The van der Waals surface area contributed by atoms with Gasteiger partial charge in [0.25, 0.3) is 12.3 Å². The van der Waals surface area contributed by atoms with E-state index in [9.17, 15) is 18.4 Å². The second-order valence-corrected chi connectivity index (χ2v) is 8.83. The first-order chi connectivity index (χ1) is 18.3. The molecule has 13 heteroatoms. The number of benzene rings is 1. The van der Waals surface area contributed by atoms with E-state index in [0.29, 0.717) is 47.3 Å². The molecule has 0 aliphatic carbocycles. The number of carbonyl (C=O) groups excluding carboxylic acids is 2. The molecule has 11 nitrogen and oxygen atoms in total. The van der Waals surface area contributed by atoms with E-state index in [0.717, 1.165) is 5.56 Å². The Kier molecular flexibility index (Phi) is 7.01. The fourth-order valence-electron chi connectivity index (χ4n) is 4.06. The average Bonchev–Trinajstić information content (AvgIpc) is 3.51. The Bertz CT molecular complexity index is 1480. The van der Waals surface area contributed by atoms with Gasteiger partial charge < -0.3 is 24.2 Å². The molecule has 4 heterocycles. The van der Waals surface area contributed by atoms with Crippen molar-refractivity contribution < 1.29 is 32.4 Å². The van der Waals surface area contributed by atoms with Crippen LogP contribution in [0.15, 0.2) is 47.2 Å². The van der Waals surface area contributed by atoms with Crippen molar-refractivity contribution >= 4 is 23.3 Å². The number of anilines is 1. The molecular weight excluding hydrogens is 502 g/mol. The lowest BCUT2D eigenvalue weighted by Gasteiger charge is -2.35. The van der Waals surface area contributed by atoms with Gasteiger partial charge in [-0.3, -0.25) is 9.20 Å². The Labute approximate surface area is 215 Å². The third kappa shape index (κ3) is 5.18. The van der Waals surface area contributed by atoms with Crippen LogP contribution in [0.25, 0.3) is 17.0 Å². The summed E-state index contributed by atoms with van der Waals surface area (Å²) in [7, 11) is 1.33. The number of halogens is 2. The number of likely N-dealkylation sites (tertiary alicyclic amines) is 1. The van der Waals surface area contributed by atoms with Crippen molar-refractivity contribution in [3.63, 3.8) is 0 Å². The molecule has 0 spiro atoms. The first-order valence-electron chi connectivity index (χ1n) is 11.7. The molecule has 0 atom stereocenters. The molecule has 0 bridgehead atoms. The molecule has 2 amide bonds. The van der Waals surface area contributed by atoms with Gasteiger partial charge in [-0.1, -0.05) is 23.4 Å². The SMILES string of the molecule is COC(=O)N1CC(c2nc(-c3ccc(C)c(NC(=O)c4cnc5ccc(COCC(F)F)cn45)c3)no2)C1. The number of pyridine rings is 1. The van der Waals surface area contributed by atoms with Gasteiger partial charge in [-0.15, -0.1) is 0 Å². The van der Waals surface area contributed by atoms with Crippen molar-refractivity contribution in [1.82, 2.24) is 24.4 Å². The minimum Gasteiger partial charge on any atom is -0.453 e. The van der Waals surface area contributed by atoms with Gasteiger partial charge in [0, 0.05) is 30.5 Å². The lowest BCUT2D eigenvalue weighted by atomic mass is 10.0. The number of nitrogens with zero attached hydrogens (tertiary/aromatic N) is 5. The number of imidazole rings is 1. The van der Waals surface area contributed by atoms with E-state index in [1.807, 2.05) is 19.1 Å². The Morgan fingerprint density at radius 3 is 2.82 bits per heavy atom. The van der Waals surface area contributed by atoms with Crippen molar-refractivity contribution in [2.45, 2.75) is 25.9 Å². The number of aryl methyl sites for hydroxylation is 1. The van der Waals surface area contributed by atoms with Crippen LogP contribution in [0.3, 0.4) is 0 Å². The zero-order chi connectivity index (χ0) is 26.8. The van der Waals surface area contributed by atoms with Gasteiger partial charge in [0.05, 0.1) is 25.8 Å². The smallest absolute Gasteiger partial charge is 0.409 e. The standard InChI is InChI=1S/C25H24F2N6O5/c1-14-3-5-16(22-30-24(38-31-22)17-10-32(11-17)25(35)36-2)7-18(14)29-23(34)19-8-28-21-6-4-15(9-33(19)21)12-37-13-20(26)27/h3-9,17,20H,10-13H2,1-2H3,(H,29,34). The minimum atomic E-state index is -2.55. The third-order valence-corrected chi connectivity index (χ3v) is 6.16. The zero-order valence-corrected chi connectivity index (χ0v) is 20.6. The summed E-state index contributed by atoms with van der Waals surface area (Å²) in [6, 6.07) is 8.79. The number of rotatable bonds is 8. The summed E-state index contributed by atoms with van der Waals surface area (Å²) in [6.45, 7) is 2.03. The van der Waals surface area contributed by atoms with Crippen LogP contribution in [-0.4, -0.2) is 69.7 Å². The number of alkyl halides is 2. The number of nitrogens with one attached hydrogen (secondary N) is 1. The van der Waals surface area contributed by atoms with Gasteiger partial charge in [-0.2, -0.15) is 4.98 Å². The quantitative estimate of drug-likeness (QED) is 0.367. The van der Waals surface area contributed by atoms with Crippen molar-refractivity contribution in [3.05, 3.63) is 65.4 Å². The first-order valence-corrected chi connectivity index (χ1v) is 11.7. The van der Waals surface area contributed by atoms with Crippen molar-refractivity contribution in [2.24, 2.45) is 0 Å². The number of ether oxygens (including phenoxy) is 2. The molecule has 0 saturated carbocycles. The highest BCUT2D eigenvalue weighted by atomic mass is 19.3. The topological polar surface area (TPSA) is 124 Å². The van der Waals surface area contributed by atoms with Crippen LogP contribution in [-0.2, 0) is 16.1 Å². The molecule has 0 radical (unpaired) electrons. The highest BCUT2D eigenvalue weighted by Crippen LogP contribution is 2.29. The largest absolute Gasteiger partial charge is 0.453 e. The lowest BCUT2D eigenvalue weighted by Crippen LogP contribution is -2.48. The highest BCUT2D eigenvalue weighted by molar-refractivity contribution is 6.04. The number of carbonyl (C=O) groups is 2. The summed E-state index contributed by atoms with van der Waals surface area (Å²) in [5.41, 5.74) is 3.42.